The molecule has 0 spiro atoms. The van der Waals surface area contributed by atoms with Gasteiger partial charge in [-0.25, -0.2) is 0 Å². The smallest absolute Gasteiger partial charge is 0.157 e. The van der Waals surface area contributed by atoms with Gasteiger partial charge in [0.2, 0.25) is 0 Å². The summed E-state index contributed by atoms with van der Waals surface area (Å²) in [5.41, 5.74) is 1.12. The minimum Gasteiger partial charge on any atom is -0.496 e. The first-order valence-corrected chi connectivity index (χ1v) is 8.42. The van der Waals surface area contributed by atoms with Crippen molar-refractivity contribution in [3.05, 3.63) is 28.8 Å². The molecule has 0 aromatic heterocycles. The largest absolute Gasteiger partial charge is 0.496 e. The second-order valence-electron chi connectivity index (χ2n) is 5.28. The van der Waals surface area contributed by atoms with Gasteiger partial charge in [-0.1, -0.05) is 36.2 Å². The maximum absolute atomic E-state index is 6.06. The Kier molecular flexibility index (Phi) is 4.41. The van der Waals surface area contributed by atoms with Crippen LogP contribution in [0.15, 0.2) is 23.2 Å². The third kappa shape index (κ3) is 3.07. The van der Waals surface area contributed by atoms with Crippen LogP contribution in [-0.2, 0) is 5.75 Å². The number of rotatable bonds is 3. The van der Waals surface area contributed by atoms with Crippen LogP contribution in [0.4, 0.5) is 0 Å². The van der Waals surface area contributed by atoms with E-state index in [2.05, 4.69) is 5.32 Å². The fourth-order valence-electron chi connectivity index (χ4n) is 2.87. The predicted octanol–water partition coefficient (Wildman–Crippen LogP) is 3.85. The van der Waals surface area contributed by atoms with Crippen molar-refractivity contribution in [2.45, 2.75) is 43.5 Å². The summed E-state index contributed by atoms with van der Waals surface area (Å²) in [6.07, 6.45) is 5.11. The number of nitrogens with zero attached hydrogens (tertiary/aromatic N) is 1. The van der Waals surface area contributed by atoms with Crippen LogP contribution in [0.25, 0.3) is 0 Å². The van der Waals surface area contributed by atoms with Crippen LogP contribution < -0.4 is 10.1 Å². The number of ether oxygens (including phenoxy) is 1. The normalized spacial score (nSPS) is 24.8. The Balaban J connectivity index is 1.64. The molecule has 0 radical (unpaired) electrons. The molecule has 1 aliphatic carbocycles. The molecule has 5 heteroatoms. The summed E-state index contributed by atoms with van der Waals surface area (Å²) in [5, 5.41) is 5.37. The lowest BCUT2D eigenvalue weighted by molar-refractivity contribution is 0.385. The first kappa shape index (κ1) is 14.1. The van der Waals surface area contributed by atoms with Crippen LogP contribution in [0.1, 0.15) is 31.2 Å². The van der Waals surface area contributed by atoms with Gasteiger partial charge in [0.25, 0.3) is 0 Å². The lowest BCUT2D eigenvalue weighted by Gasteiger charge is -2.23. The molecule has 1 N–H and O–H groups in total. The van der Waals surface area contributed by atoms with E-state index in [1.54, 1.807) is 18.9 Å². The highest BCUT2D eigenvalue weighted by atomic mass is 35.5. The number of amidine groups is 1. The van der Waals surface area contributed by atoms with Crippen LogP contribution in [0, 0.1) is 0 Å². The van der Waals surface area contributed by atoms with Gasteiger partial charge in [0.1, 0.15) is 5.75 Å². The number of methoxy groups -OCH3 is 1. The molecule has 1 fully saturated rings. The van der Waals surface area contributed by atoms with Gasteiger partial charge < -0.3 is 10.1 Å². The van der Waals surface area contributed by atoms with E-state index in [0.717, 1.165) is 27.3 Å². The number of halogens is 1. The molecular weight excluding hydrogens is 292 g/mol. The molecule has 2 atom stereocenters. The van der Waals surface area contributed by atoms with Crippen molar-refractivity contribution in [1.82, 2.24) is 5.32 Å². The van der Waals surface area contributed by atoms with E-state index < -0.39 is 0 Å². The number of aliphatic imine (C=N–C) groups is 1. The summed E-state index contributed by atoms with van der Waals surface area (Å²) in [4.78, 5) is 4.80. The van der Waals surface area contributed by atoms with Gasteiger partial charge in [-0.3, -0.25) is 4.99 Å². The highest BCUT2D eigenvalue weighted by Crippen LogP contribution is 2.30. The zero-order valence-electron chi connectivity index (χ0n) is 11.6. The maximum Gasteiger partial charge on any atom is 0.157 e. The van der Waals surface area contributed by atoms with Gasteiger partial charge in [-0.15, -0.1) is 0 Å². The van der Waals surface area contributed by atoms with Crippen molar-refractivity contribution in [2.75, 3.05) is 7.11 Å². The lowest BCUT2D eigenvalue weighted by atomic mass is 9.92. The molecule has 0 saturated heterocycles. The molecule has 1 aliphatic heterocycles. The second kappa shape index (κ2) is 6.27. The van der Waals surface area contributed by atoms with Crippen molar-refractivity contribution < 1.29 is 4.74 Å². The van der Waals surface area contributed by atoms with E-state index in [-0.39, 0.29) is 0 Å². The van der Waals surface area contributed by atoms with Gasteiger partial charge >= 0.3 is 0 Å². The van der Waals surface area contributed by atoms with Gasteiger partial charge in [-0.2, -0.15) is 0 Å². The molecule has 1 saturated carbocycles. The summed E-state index contributed by atoms with van der Waals surface area (Å²) in [6, 6.07) is 6.80. The Hall–Kier alpha value is -0.870. The van der Waals surface area contributed by atoms with E-state index in [9.17, 15) is 0 Å². The Labute approximate surface area is 129 Å². The average molecular weight is 311 g/mol. The first-order chi connectivity index (χ1) is 9.76. The van der Waals surface area contributed by atoms with Crippen molar-refractivity contribution in [1.29, 1.82) is 0 Å². The third-order valence-corrected chi connectivity index (χ3v) is 5.12. The Morgan fingerprint density at radius 3 is 3.05 bits per heavy atom. The zero-order valence-corrected chi connectivity index (χ0v) is 13.1. The van der Waals surface area contributed by atoms with Crippen LogP contribution in [-0.4, -0.2) is 24.4 Å². The Morgan fingerprint density at radius 2 is 2.25 bits per heavy atom. The summed E-state index contributed by atoms with van der Waals surface area (Å²) < 4.78 is 5.38. The molecule has 2 aliphatic rings. The van der Waals surface area contributed by atoms with Crippen molar-refractivity contribution in [2.24, 2.45) is 4.99 Å². The quantitative estimate of drug-likeness (QED) is 0.920. The Morgan fingerprint density at radius 1 is 1.40 bits per heavy atom. The van der Waals surface area contributed by atoms with E-state index in [1.165, 1.54) is 25.7 Å². The van der Waals surface area contributed by atoms with Gasteiger partial charge in [0.15, 0.2) is 5.17 Å². The second-order valence-corrected chi connectivity index (χ2v) is 6.68. The molecule has 3 nitrogen and oxygen atoms in total. The topological polar surface area (TPSA) is 33.6 Å². The number of benzene rings is 1. The van der Waals surface area contributed by atoms with E-state index in [1.807, 2.05) is 18.2 Å². The average Bonchev–Trinajstić information content (AvgIpc) is 2.88. The van der Waals surface area contributed by atoms with Crippen molar-refractivity contribution in [3.8, 4) is 5.75 Å². The SMILES string of the molecule is COc1ccc(Cl)cc1CSC1=N[C@@H]2CCCC[C@@H]2N1. The van der Waals surface area contributed by atoms with E-state index in [4.69, 9.17) is 21.3 Å². The van der Waals surface area contributed by atoms with Gasteiger partial charge in [0, 0.05) is 16.3 Å². The van der Waals surface area contributed by atoms with Crippen LogP contribution in [0.5, 0.6) is 5.75 Å². The lowest BCUT2D eigenvalue weighted by Crippen LogP contribution is -2.36. The van der Waals surface area contributed by atoms with Gasteiger partial charge in [-0.05, 0) is 31.0 Å². The monoisotopic (exact) mass is 310 g/mol. The fourth-order valence-corrected chi connectivity index (χ4v) is 4.02. The molecule has 1 aromatic carbocycles. The molecule has 20 heavy (non-hydrogen) atoms. The predicted molar refractivity (Wildman–Crippen MR) is 85.9 cm³/mol. The Bertz CT molecular complexity index is 521. The standard InChI is InChI=1S/C15H19ClN2OS/c1-19-14-7-6-11(16)8-10(14)9-20-15-17-12-4-2-3-5-13(12)18-15/h6-8,12-13H,2-5,9H2,1H3,(H,17,18)/t12-,13+. The van der Waals surface area contributed by atoms with Crippen molar-refractivity contribution >= 4 is 28.5 Å². The van der Waals surface area contributed by atoms with Crippen LogP contribution in [0.2, 0.25) is 5.02 Å². The summed E-state index contributed by atoms with van der Waals surface area (Å²) in [7, 11) is 1.69. The molecular formula is C15H19ClN2OS. The first-order valence-electron chi connectivity index (χ1n) is 7.06. The molecule has 0 bridgehead atoms. The van der Waals surface area contributed by atoms with E-state index in [0.29, 0.717) is 12.1 Å². The number of hydrogen-bond acceptors (Lipinski definition) is 4. The molecule has 1 aromatic rings. The highest BCUT2D eigenvalue weighted by molar-refractivity contribution is 8.13. The van der Waals surface area contributed by atoms with E-state index >= 15 is 0 Å². The summed E-state index contributed by atoms with van der Waals surface area (Å²) in [5.74, 6) is 1.72. The summed E-state index contributed by atoms with van der Waals surface area (Å²) >= 11 is 7.80. The minimum absolute atomic E-state index is 0.493. The molecule has 1 heterocycles. The number of hydrogen-bond donors (Lipinski definition) is 1. The third-order valence-electron chi connectivity index (χ3n) is 3.93. The molecule has 0 amide bonds. The minimum atomic E-state index is 0.493. The number of nitrogens with one attached hydrogen (secondary N) is 1. The number of thioether (sulfide) groups is 1. The summed E-state index contributed by atoms with van der Waals surface area (Å²) in [6.45, 7) is 0. The van der Waals surface area contributed by atoms with Gasteiger partial charge in [0.05, 0.1) is 19.2 Å². The number of fused-ring (bicyclic) bond motifs is 1. The maximum atomic E-state index is 6.06. The molecule has 3 rings (SSSR count). The zero-order chi connectivity index (χ0) is 13.9. The van der Waals surface area contributed by atoms with Crippen LogP contribution >= 0.6 is 23.4 Å². The molecule has 0 unspecified atom stereocenters. The van der Waals surface area contributed by atoms with Crippen molar-refractivity contribution in [3.63, 3.8) is 0 Å². The molecule has 108 valence electrons. The fraction of sp³-hybridized carbons (Fsp3) is 0.533. The van der Waals surface area contributed by atoms with Crippen LogP contribution in [0.3, 0.4) is 0 Å². The highest BCUT2D eigenvalue weighted by Gasteiger charge is 2.30.